The second kappa shape index (κ2) is 5.94. The van der Waals surface area contributed by atoms with Gasteiger partial charge in [-0.15, -0.1) is 0 Å². The van der Waals surface area contributed by atoms with E-state index in [1.54, 1.807) is 0 Å². The van der Waals surface area contributed by atoms with Crippen molar-refractivity contribution >= 4 is 26.2 Å². The van der Waals surface area contributed by atoms with Crippen LogP contribution in [0.2, 0.25) is 18.1 Å². The molecule has 0 aromatic heterocycles. The standard InChI is InChI=1S/C15H22ClOSi/c1-11(17-18(5)6)14(15(2,3)4)12-8-7-9-13(16)10-12/h7-10H,1-6H3. The minimum atomic E-state index is -0.746. The fraction of sp³-hybridized carbons (Fsp3) is 0.467. The van der Waals surface area contributed by atoms with Gasteiger partial charge in [-0.1, -0.05) is 44.5 Å². The van der Waals surface area contributed by atoms with E-state index in [1.165, 1.54) is 5.57 Å². The van der Waals surface area contributed by atoms with E-state index in [9.17, 15) is 0 Å². The molecule has 1 nitrogen and oxygen atoms in total. The lowest BCUT2D eigenvalue weighted by atomic mass is 9.81. The molecule has 0 aliphatic rings. The molecule has 0 aliphatic carbocycles. The van der Waals surface area contributed by atoms with Crippen molar-refractivity contribution in [2.45, 2.75) is 40.8 Å². The summed E-state index contributed by atoms with van der Waals surface area (Å²) in [7, 11) is -0.746. The van der Waals surface area contributed by atoms with Gasteiger partial charge in [-0.05, 0) is 43.1 Å². The number of allylic oxidation sites excluding steroid dienone is 2. The zero-order valence-corrected chi connectivity index (χ0v) is 13.9. The molecule has 0 amide bonds. The van der Waals surface area contributed by atoms with E-state index in [0.29, 0.717) is 0 Å². The van der Waals surface area contributed by atoms with Gasteiger partial charge < -0.3 is 4.43 Å². The summed E-state index contributed by atoms with van der Waals surface area (Å²) in [6.07, 6.45) is 0. The highest BCUT2D eigenvalue weighted by Crippen LogP contribution is 2.37. The highest BCUT2D eigenvalue weighted by molar-refractivity contribution is 6.48. The van der Waals surface area contributed by atoms with Crippen LogP contribution < -0.4 is 0 Å². The molecule has 0 atom stereocenters. The highest BCUT2D eigenvalue weighted by Gasteiger charge is 2.23. The number of hydrogen-bond donors (Lipinski definition) is 0. The van der Waals surface area contributed by atoms with Crippen molar-refractivity contribution in [3.05, 3.63) is 40.6 Å². The van der Waals surface area contributed by atoms with Crippen LogP contribution in [0.4, 0.5) is 0 Å². The Balaban J connectivity index is 3.31. The summed E-state index contributed by atoms with van der Waals surface area (Å²) in [5.74, 6) is 1.02. The lowest BCUT2D eigenvalue weighted by molar-refractivity contribution is 0.428. The summed E-state index contributed by atoms with van der Waals surface area (Å²) in [5.41, 5.74) is 2.42. The summed E-state index contributed by atoms with van der Waals surface area (Å²) in [6.45, 7) is 13.0. The molecule has 0 aliphatic heterocycles. The molecule has 18 heavy (non-hydrogen) atoms. The number of hydrogen-bond acceptors (Lipinski definition) is 1. The molecule has 0 spiro atoms. The number of halogens is 1. The first-order valence-electron chi connectivity index (χ1n) is 6.17. The molecular formula is C15H22ClOSi. The Morgan fingerprint density at radius 3 is 2.28 bits per heavy atom. The van der Waals surface area contributed by atoms with Gasteiger partial charge in [0.05, 0.1) is 5.76 Å². The Morgan fingerprint density at radius 1 is 1.22 bits per heavy atom. The van der Waals surface area contributed by atoms with Crippen molar-refractivity contribution in [1.82, 2.24) is 0 Å². The van der Waals surface area contributed by atoms with Crippen LogP contribution >= 0.6 is 11.6 Å². The Kier molecular flexibility index (Phi) is 5.06. The predicted molar refractivity (Wildman–Crippen MR) is 82.1 cm³/mol. The molecule has 0 N–H and O–H groups in total. The van der Waals surface area contributed by atoms with E-state index in [-0.39, 0.29) is 5.41 Å². The average molecular weight is 282 g/mol. The number of benzene rings is 1. The molecule has 1 aromatic rings. The maximum Gasteiger partial charge on any atom is 0.273 e. The first-order valence-corrected chi connectivity index (χ1v) is 8.95. The minimum Gasteiger partial charge on any atom is -0.546 e. The highest BCUT2D eigenvalue weighted by atomic mass is 35.5. The topological polar surface area (TPSA) is 9.23 Å². The van der Waals surface area contributed by atoms with Crippen molar-refractivity contribution in [3.8, 4) is 0 Å². The summed E-state index contributed by atoms with van der Waals surface area (Å²) < 4.78 is 5.97. The molecule has 0 bridgehead atoms. The molecule has 1 radical (unpaired) electrons. The minimum absolute atomic E-state index is 0.0338. The van der Waals surface area contributed by atoms with Gasteiger partial charge in [0.1, 0.15) is 0 Å². The van der Waals surface area contributed by atoms with E-state index in [0.717, 1.165) is 16.3 Å². The van der Waals surface area contributed by atoms with E-state index >= 15 is 0 Å². The smallest absolute Gasteiger partial charge is 0.273 e. The largest absolute Gasteiger partial charge is 0.546 e. The van der Waals surface area contributed by atoms with E-state index in [1.807, 2.05) is 18.2 Å². The first kappa shape index (κ1) is 15.3. The van der Waals surface area contributed by atoms with Crippen LogP contribution in [-0.2, 0) is 4.43 Å². The maximum absolute atomic E-state index is 6.09. The van der Waals surface area contributed by atoms with Gasteiger partial charge in [0.2, 0.25) is 0 Å². The fourth-order valence-corrected chi connectivity index (χ4v) is 3.07. The van der Waals surface area contributed by atoms with Crippen molar-refractivity contribution in [2.75, 3.05) is 0 Å². The van der Waals surface area contributed by atoms with Crippen LogP contribution in [-0.4, -0.2) is 9.04 Å². The molecular weight excluding hydrogens is 260 g/mol. The van der Waals surface area contributed by atoms with Crippen molar-refractivity contribution < 1.29 is 4.43 Å². The van der Waals surface area contributed by atoms with Crippen LogP contribution in [0.15, 0.2) is 30.0 Å². The Morgan fingerprint density at radius 2 is 1.83 bits per heavy atom. The van der Waals surface area contributed by atoms with E-state index < -0.39 is 9.04 Å². The monoisotopic (exact) mass is 281 g/mol. The normalized spacial score (nSPS) is 13.6. The van der Waals surface area contributed by atoms with Gasteiger partial charge in [-0.3, -0.25) is 0 Å². The van der Waals surface area contributed by atoms with E-state index in [2.05, 4.69) is 46.9 Å². The van der Waals surface area contributed by atoms with Gasteiger partial charge in [0.25, 0.3) is 9.04 Å². The quantitative estimate of drug-likeness (QED) is 0.533. The number of rotatable bonds is 3. The summed E-state index contributed by atoms with van der Waals surface area (Å²) in [5, 5.41) is 0.764. The maximum atomic E-state index is 6.09. The molecule has 0 unspecified atom stereocenters. The van der Waals surface area contributed by atoms with Gasteiger partial charge in [0.15, 0.2) is 0 Å². The average Bonchev–Trinajstić information content (AvgIpc) is 2.13. The second-order valence-electron chi connectivity index (χ2n) is 5.70. The van der Waals surface area contributed by atoms with Gasteiger partial charge >= 0.3 is 0 Å². The van der Waals surface area contributed by atoms with Crippen LogP contribution in [0.25, 0.3) is 5.57 Å². The molecule has 99 valence electrons. The molecule has 0 fully saturated rings. The van der Waals surface area contributed by atoms with Crippen molar-refractivity contribution in [3.63, 3.8) is 0 Å². The molecule has 3 heteroatoms. The SMILES string of the molecule is CC(O[Si](C)C)=C(c1cccc(Cl)c1)C(C)(C)C. The zero-order chi connectivity index (χ0) is 13.9. The molecule has 0 saturated carbocycles. The van der Waals surface area contributed by atoms with Crippen LogP contribution in [0.3, 0.4) is 0 Å². The van der Waals surface area contributed by atoms with Crippen molar-refractivity contribution in [2.24, 2.45) is 5.41 Å². The third-order valence-electron chi connectivity index (χ3n) is 2.57. The van der Waals surface area contributed by atoms with Gasteiger partial charge in [-0.2, -0.15) is 0 Å². The second-order valence-corrected chi connectivity index (χ2v) is 8.16. The van der Waals surface area contributed by atoms with Crippen LogP contribution in [0.1, 0.15) is 33.3 Å². The molecule has 1 rings (SSSR count). The predicted octanol–water partition coefficient (Wildman–Crippen LogP) is 5.38. The summed E-state index contributed by atoms with van der Waals surface area (Å²) in [6, 6.07) is 7.99. The lowest BCUT2D eigenvalue weighted by Gasteiger charge is -2.27. The Labute approximate surface area is 118 Å². The molecule has 1 aromatic carbocycles. The lowest BCUT2D eigenvalue weighted by Crippen LogP contribution is -2.15. The third kappa shape index (κ3) is 4.18. The Bertz CT molecular complexity index is 444. The Hall–Kier alpha value is -0.733. The van der Waals surface area contributed by atoms with Crippen LogP contribution in [0, 0.1) is 5.41 Å². The van der Waals surface area contributed by atoms with Crippen LogP contribution in [0.5, 0.6) is 0 Å². The fourth-order valence-electron chi connectivity index (χ4n) is 2.17. The van der Waals surface area contributed by atoms with Gasteiger partial charge in [-0.25, -0.2) is 0 Å². The zero-order valence-electron chi connectivity index (χ0n) is 12.1. The molecule has 0 saturated heterocycles. The van der Waals surface area contributed by atoms with Crippen molar-refractivity contribution in [1.29, 1.82) is 0 Å². The summed E-state index contributed by atoms with van der Waals surface area (Å²) >= 11 is 6.09. The third-order valence-corrected chi connectivity index (χ3v) is 3.52. The first-order chi connectivity index (χ1) is 8.21. The summed E-state index contributed by atoms with van der Waals surface area (Å²) in [4.78, 5) is 0. The van der Waals surface area contributed by atoms with E-state index in [4.69, 9.17) is 16.0 Å². The molecule has 0 heterocycles. The van der Waals surface area contributed by atoms with Gasteiger partial charge in [0, 0.05) is 10.6 Å².